The van der Waals surface area contributed by atoms with Gasteiger partial charge in [-0.15, -0.1) is 0 Å². The van der Waals surface area contributed by atoms with Crippen LogP contribution in [-0.4, -0.2) is 56.6 Å². The van der Waals surface area contributed by atoms with E-state index in [9.17, 15) is 5.11 Å². The molecule has 1 N–H and O–H groups in total. The molecule has 1 saturated heterocycles. The second-order valence-corrected chi connectivity index (χ2v) is 6.01. The van der Waals surface area contributed by atoms with E-state index >= 15 is 0 Å². The maximum absolute atomic E-state index is 10.2. The van der Waals surface area contributed by atoms with Crippen molar-refractivity contribution in [1.29, 1.82) is 0 Å². The fraction of sp³-hybridized carbons (Fsp3) is 0.625. The first kappa shape index (κ1) is 16.2. The summed E-state index contributed by atoms with van der Waals surface area (Å²) in [7, 11) is 0. The molecular weight excluding hydrogens is 296 g/mol. The first-order valence-electron chi connectivity index (χ1n) is 8.16. The molecule has 0 radical (unpaired) electrons. The number of hydrogen-bond acceptors (Lipinski definition) is 6. The van der Waals surface area contributed by atoms with Gasteiger partial charge in [-0.2, -0.15) is 5.10 Å². The normalized spacial score (nSPS) is 20.7. The number of hydrogen-bond donors (Lipinski definition) is 1. The Morgan fingerprint density at radius 2 is 2.39 bits per heavy atom. The zero-order valence-corrected chi connectivity index (χ0v) is 13.3. The van der Waals surface area contributed by atoms with Crippen molar-refractivity contribution >= 4 is 0 Å². The van der Waals surface area contributed by atoms with E-state index in [1.165, 1.54) is 12.8 Å². The van der Waals surface area contributed by atoms with Crippen molar-refractivity contribution < 1.29 is 14.3 Å². The first-order valence-corrected chi connectivity index (χ1v) is 8.16. The Bertz CT molecular complexity index is 544. The average Bonchev–Trinajstić information content (AvgIpc) is 3.23. The van der Waals surface area contributed by atoms with Crippen molar-refractivity contribution in [2.75, 3.05) is 19.7 Å². The molecule has 23 heavy (non-hydrogen) atoms. The number of aromatic nitrogens is 3. The lowest BCUT2D eigenvalue weighted by atomic mass is 10.0. The molecule has 0 aliphatic carbocycles. The molecule has 0 spiro atoms. The maximum Gasteiger partial charge on any atom is 0.137 e. The number of likely N-dealkylation sites (tertiary alicyclic amines) is 1. The summed E-state index contributed by atoms with van der Waals surface area (Å²) >= 11 is 0. The van der Waals surface area contributed by atoms with Crippen LogP contribution in [-0.2, 0) is 17.9 Å². The minimum Gasteiger partial charge on any atom is -0.467 e. The molecule has 0 unspecified atom stereocenters. The highest BCUT2D eigenvalue weighted by molar-refractivity contribution is 4.96. The molecule has 2 aromatic heterocycles. The van der Waals surface area contributed by atoms with E-state index in [0.29, 0.717) is 25.8 Å². The topological polar surface area (TPSA) is 76.6 Å². The van der Waals surface area contributed by atoms with Gasteiger partial charge >= 0.3 is 0 Å². The third-order valence-electron chi connectivity index (χ3n) is 4.19. The monoisotopic (exact) mass is 320 g/mol. The Morgan fingerprint density at radius 1 is 1.43 bits per heavy atom. The molecule has 2 atom stereocenters. The fourth-order valence-electron chi connectivity index (χ4n) is 3.06. The second-order valence-electron chi connectivity index (χ2n) is 6.01. The quantitative estimate of drug-likeness (QED) is 0.790. The molecule has 2 aromatic rings. The lowest BCUT2D eigenvalue weighted by Gasteiger charge is -2.36. The minimum atomic E-state index is -0.499. The molecule has 126 valence electrons. The molecule has 3 rings (SSSR count). The van der Waals surface area contributed by atoms with Crippen molar-refractivity contribution in [3.63, 3.8) is 0 Å². The van der Waals surface area contributed by atoms with Crippen LogP contribution in [0.4, 0.5) is 0 Å². The van der Waals surface area contributed by atoms with Gasteiger partial charge < -0.3 is 14.3 Å². The van der Waals surface area contributed by atoms with Gasteiger partial charge in [-0.1, -0.05) is 6.42 Å². The van der Waals surface area contributed by atoms with Crippen molar-refractivity contribution in [1.82, 2.24) is 19.7 Å². The standard InChI is InChI=1S/C16H24N4O3/c21-15(10-22-11-16-5-3-7-23-16)9-19-6-2-1-4-14(19)8-20-13-17-12-18-20/h3,5,7,12-15,21H,1-2,4,6,8-11H2/t14-,15+/m0/s1. The summed E-state index contributed by atoms with van der Waals surface area (Å²) in [4.78, 5) is 6.33. The number of aliphatic hydroxyl groups is 1. The number of furan rings is 1. The van der Waals surface area contributed by atoms with Crippen molar-refractivity contribution in [2.45, 2.75) is 44.6 Å². The van der Waals surface area contributed by atoms with Gasteiger partial charge in [0.15, 0.2) is 0 Å². The predicted octanol–water partition coefficient (Wildman–Crippen LogP) is 1.30. The summed E-state index contributed by atoms with van der Waals surface area (Å²) < 4.78 is 12.6. The summed E-state index contributed by atoms with van der Waals surface area (Å²) in [6, 6.07) is 4.09. The lowest BCUT2D eigenvalue weighted by Crippen LogP contribution is -2.46. The number of rotatable bonds is 8. The summed E-state index contributed by atoms with van der Waals surface area (Å²) in [6.07, 6.45) is 7.95. The molecule has 0 amide bonds. The van der Waals surface area contributed by atoms with Gasteiger partial charge in [0.2, 0.25) is 0 Å². The highest BCUT2D eigenvalue weighted by atomic mass is 16.5. The molecule has 0 bridgehead atoms. The highest BCUT2D eigenvalue weighted by Gasteiger charge is 2.25. The Morgan fingerprint density at radius 3 is 3.17 bits per heavy atom. The average molecular weight is 320 g/mol. The largest absolute Gasteiger partial charge is 0.467 e. The van der Waals surface area contributed by atoms with E-state index in [4.69, 9.17) is 9.15 Å². The van der Waals surface area contributed by atoms with E-state index in [1.54, 1.807) is 18.9 Å². The summed E-state index contributed by atoms with van der Waals surface area (Å²) in [6.45, 7) is 3.16. The minimum absolute atomic E-state index is 0.313. The van der Waals surface area contributed by atoms with E-state index in [0.717, 1.165) is 25.3 Å². The zero-order chi connectivity index (χ0) is 15.9. The number of nitrogens with zero attached hydrogens (tertiary/aromatic N) is 4. The molecule has 3 heterocycles. The van der Waals surface area contributed by atoms with Crippen LogP contribution >= 0.6 is 0 Å². The van der Waals surface area contributed by atoms with Gasteiger partial charge in [0.05, 0.1) is 25.5 Å². The number of ether oxygens (including phenoxy) is 1. The smallest absolute Gasteiger partial charge is 0.137 e. The van der Waals surface area contributed by atoms with Gasteiger partial charge in [-0.05, 0) is 31.5 Å². The third kappa shape index (κ3) is 4.89. The molecule has 7 heteroatoms. The highest BCUT2D eigenvalue weighted by Crippen LogP contribution is 2.18. The molecule has 7 nitrogen and oxygen atoms in total. The Hall–Kier alpha value is -1.70. The summed E-state index contributed by atoms with van der Waals surface area (Å²) in [5, 5.41) is 14.4. The van der Waals surface area contributed by atoms with Crippen LogP contribution in [0.3, 0.4) is 0 Å². The summed E-state index contributed by atoms with van der Waals surface area (Å²) in [5.41, 5.74) is 0. The summed E-state index contributed by atoms with van der Waals surface area (Å²) in [5.74, 6) is 0.777. The van der Waals surface area contributed by atoms with Gasteiger partial charge in [0.1, 0.15) is 25.0 Å². The van der Waals surface area contributed by atoms with Gasteiger partial charge in [-0.25, -0.2) is 4.98 Å². The number of β-amino-alcohol motifs (C(OH)–C–C–N with tert-alkyl or cyclic N) is 1. The van der Waals surface area contributed by atoms with Crippen LogP contribution in [0, 0.1) is 0 Å². The van der Waals surface area contributed by atoms with Crippen LogP contribution in [0.1, 0.15) is 25.0 Å². The third-order valence-corrected chi connectivity index (χ3v) is 4.19. The van der Waals surface area contributed by atoms with Crippen LogP contribution in [0.15, 0.2) is 35.5 Å². The van der Waals surface area contributed by atoms with Gasteiger partial charge in [-0.3, -0.25) is 9.58 Å². The van der Waals surface area contributed by atoms with E-state index in [2.05, 4.69) is 15.0 Å². The van der Waals surface area contributed by atoms with Crippen molar-refractivity contribution in [3.8, 4) is 0 Å². The molecular formula is C16H24N4O3. The van der Waals surface area contributed by atoms with Crippen LogP contribution in [0.5, 0.6) is 0 Å². The Kier molecular flexibility index (Phi) is 5.79. The van der Waals surface area contributed by atoms with Gasteiger partial charge in [0.25, 0.3) is 0 Å². The Balaban J connectivity index is 1.44. The number of piperidine rings is 1. The van der Waals surface area contributed by atoms with Crippen molar-refractivity contribution in [2.24, 2.45) is 0 Å². The Labute approximate surface area is 135 Å². The predicted molar refractivity (Wildman–Crippen MR) is 83.6 cm³/mol. The maximum atomic E-state index is 10.2. The molecule has 1 aliphatic rings. The second kappa shape index (κ2) is 8.24. The lowest BCUT2D eigenvalue weighted by molar-refractivity contribution is -0.00929. The molecule has 0 aromatic carbocycles. The molecule has 0 saturated carbocycles. The SMILES string of the molecule is O[C@@H](COCc1ccco1)CN1CCCC[C@H]1Cn1cncn1. The van der Waals surface area contributed by atoms with E-state index in [1.807, 2.05) is 16.8 Å². The van der Waals surface area contributed by atoms with E-state index < -0.39 is 6.10 Å². The fourth-order valence-corrected chi connectivity index (χ4v) is 3.06. The molecule has 1 aliphatic heterocycles. The van der Waals surface area contributed by atoms with E-state index in [-0.39, 0.29) is 0 Å². The van der Waals surface area contributed by atoms with Crippen LogP contribution in [0.2, 0.25) is 0 Å². The first-order chi connectivity index (χ1) is 11.3. The van der Waals surface area contributed by atoms with Crippen LogP contribution in [0.25, 0.3) is 0 Å². The number of aliphatic hydroxyl groups excluding tert-OH is 1. The molecule has 1 fully saturated rings. The van der Waals surface area contributed by atoms with Crippen molar-refractivity contribution in [3.05, 3.63) is 36.8 Å². The van der Waals surface area contributed by atoms with Crippen LogP contribution < -0.4 is 0 Å². The van der Waals surface area contributed by atoms with Gasteiger partial charge in [0, 0.05) is 12.6 Å². The zero-order valence-electron chi connectivity index (χ0n) is 13.3.